The van der Waals surface area contributed by atoms with E-state index in [9.17, 15) is 8.42 Å². The quantitative estimate of drug-likeness (QED) is 0.700. The Hall–Kier alpha value is -1.65. The number of sulfone groups is 1. The summed E-state index contributed by atoms with van der Waals surface area (Å²) in [5.74, 6) is 0. The van der Waals surface area contributed by atoms with Gasteiger partial charge >= 0.3 is 0 Å². The van der Waals surface area contributed by atoms with Gasteiger partial charge in [0.25, 0.3) is 0 Å². The largest absolute Gasteiger partial charge is 0.347 e. The van der Waals surface area contributed by atoms with Gasteiger partial charge in [-0.1, -0.05) is 77.9 Å². The van der Waals surface area contributed by atoms with E-state index < -0.39 is 21.4 Å². The Morgan fingerprint density at radius 3 is 1.77 bits per heavy atom. The van der Waals surface area contributed by atoms with Crippen molar-refractivity contribution in [3.8, 4) is 0 Å². The first-order chi connectivity index (χ1) is 11.9. The number of ether oxygens (including phenoxy) is 1. The van der Waals surface area contributed by atoms with Gasteiger partial charge in [0.05, 0.1) is 4.90 Å². The Balaban J connectivity index is 1.99. The summed E-state index contributed by atoms with van der Waals surface area (Å²) in [6, 6.07) is 15.0. The summed E-state index contributed by atoms with van der Waals surface area (Å²) in [5, 5.41) is 0. The molecular weight excluding hydrogens is 344 g/mol. The Kier molecular flexibility index (Phi) is 4.56. The van der Waals surface area contributed by atoms with Crippen LogP contribution in [0.5, 0.6) is 0 Å². The molecule has 0 unspecified atom stereocenters. The van der Waals surface area contributed by atoms with Gasteiger partial charge in [0.2, 0.25) is 9.84 Å². The van der Waals surface area contributed by atoms with Gasteiger partial charge in [0, 0.05) is 0 Å². The molecule has 1 aliphatic rings. The first-order valence-electron chi connectivity index (χ1n) is 9.01. The molecule has 2 aromatic carbocycles. The van der Waals surface area contributed by atoms with Gasteiger partial charge in [0.1, 0.15) is 6.10 Å². The number of epoxide rings is 1. The summed E-state index contributed by atoms with van der Waals surface area (Å²) in [6.45, 7) is 13.0. The Morgan fingerprint density at radius 1 is 0.808 bits per heavy atom. The highest BCUT2D eigenvalue weighted by atomic mass is 32.2. The van der Waals surface area contributed by atoms with Crippen molar-refractivity contribution >= 4 is 9.84 Å². The van der Waals surface area contributed by atoms with Gasteiger partial charge < -0.3 is 4.74 Å². The van der Waals surface area contributed by atoms with Crippen LogP contribution >= 0.6 is 0 Å². The number of hydrogen-bond acceptors (Lipinski definition) is 3. The molecule has 0 saturated carbocycles. The van der Waals surface area contributed by atoms with Gasteiger partial charge in [-0.05, 0) is 39.7 Å². The zero-order valence-electron chi connectivity index (χ0n) is 16.4. The SMILES string of the molecule is CC(C)(C)c1cc([C@H]2O[C@@H]2S(=O)(=O)c2ccccc2)cc(C(C)(C)C)c1. The molecule has 140 valence electrons. The van der Waals surface area contributed by atoms with Crippen LogP contribution in [0.1, 0.15) is 64.3 Å². The third-order valence-corrected chi connectivity index (χ3v) is 6.74. The van der Waals surface area contributed by atoms with Crippen LogP contribution in [0.3, 0.4) is 0 Å². The molecule has 0 aromatic heterocycles. The molecule has 3 rings (SSSR count). The maximum Gasteiger partial charge on any atom is 0.208 e. The van der Waals surface area contributed by atoms with Crippen LogP contribution in [0.25, 0.3) is 0 Å². The second kappa shape index (κ2) is 6.21. The molecule has 1 fully saturated rings. The minimum atomic E-state index is -3.48. The maximum atomic E-state index is 12.8. The lowest BCUT2D eigenvalue weighted by Gasteiger charge is -2.26. The Bertz CT molecular complexity index is 868. The summed E-state index contributed by atoms with van der Waals surface area (Å²) in [5.41, 5.74) is 2.52. The average molecular weight is 373 g/mol. The molecule has 0 radical (unpaired) electrons. The van der Waals surface area contributed by atoms with Crippen LogP contribution < -0.4 is 0 Å². The third kappa shape index (κ3) is 3.72. The average Bonchev–Trinajstić information content (AvgIpc) is 3.35. The van der Waals surface area contributed by atoms with E-state index >= 15 is 0 Å². The molecule has 2 atom stereocenters. The summed E-state index contributed by atoms with van der Waals surface area (Å²) in [6.07, 6.45) is -0.399. The number of benzene rings is 2. The molecule has 0 bridgehead atoms. The molecule has 1 saturated heterocycles. The van der Waals surface area contributed by atoms with Crippen molar-refractivity contribution in [2.45, 2.75) is 68.8 Å². The van der Waals surface area contributed by atoms with E-state index in [1.54, 1.807) is 24.3 Å². The van der Waals surface area contributed by atoms with Crippen molar-refractivity contribution in [3.05, 3.63) is 65.2 Å². The van der Waals surface area contributed by atoms with Crippen molar-refractivity contribution in [2.24, 2.45) is 0 Å². The topological polar surface area (TPSA) is 46.7 Å². The summed E-state index contributed by atoms with van der Waals surface area (Å²) in [4.78, 5) is 0.315. The van der Waals surface area contributed by atoms with Crippen LogP contribution in [0.4, 0.5) is 0 Å². The fraction of sp³-hybridized carbons (Fsp3) is 0.455. The summed E-state index contributed by atoms with van der Waals surface area (Å²) >= 11 is 0. The zero-order chi connectivity index (χ0) is 19.3. The highest BCUT2D eigenvalue weighted by molar-refractivity contribution is 7.92. The van der Waals surface area contributed by atoms with Crippen LogP contribution in [0, 0.1) is 0 Å². The van der Waals surface area contributed by atoms with E-state index in [0.717, 1.165) is 5.56 Å². The number of hydrogen-bond donors (Lipinski definition) is 0. The molecule has 2 aromatic rings. The third-order valence-electron chi connectivity index (χ3n) is 4.84. The fourth-order valence-corrected chi connectivity index (χ4v) is 4.55. The Labute approximate surface area is 157 Å². The monoisotopic (exact) mass is 372 g/mol. The molecule has 0 spiro atoms. The van der Waals surface area contributed by atoms with Crippen LogP contribution in [-0.2, 0) is 25.4 Å². The maximum absolute atomic E-state index is 12.8. The van der Waals surface area contributed by atoms with Gasteiger partial charge in [-0.25, -0.2) is 8.42 Å². The normalized spacial score (nSPS) is 20.8. The van der Waals surface area contributed by atoms with Crippen molar-refractivity contribution < 1.29 is 13.2 Å². The first-order valence-corrected chi connectivity index (χ1v) is 10.6. The molecule has 0 aliphatic carbocycles. The second-order valence-corrected chi connectivity index (χ2v) is 11.2. The van der Waals surface area contributed by atoms with Crippen LogP contribution in [0.15, 0.2) is 53.4 Å². The molecule has 26 heavy (non-hydrogen) atoms. The summed E-state index contributed by atoms with van der Waals surface area (Å²) in [7, 11) is -3.48. The molecule has 0 amide bonds. The Morgan fingerprint density at radius 2 is 1.31 bits per heavy atom. The second-order valence-electron chi connectivity index (χ2n) is 9.13. The van der Waals surface area contributed by atoms with E-state index in [4.69, 9.17) is 4.74 Å². The van der Waals surface area contributed by atoms with E-state index in [2.05, 4.69) is 59.7 Å². The lowest BCUT2D eigenvalue weighted by molar-refractivity contribution is 0.398. The van der Waals surface area contributed by atoms with Crippen molar-refractivity contribution in [1.82, 2.24) is 0 Å². The smallest absolute Gasteiger partial charge is 0.208 e. The van der Waals surface area contributed by atoms with E-state index in [1.807, 2.05) is 6.07 Å². The van der Waals surface area contributed by atoms with Crippen molar-refractivity contribution in [1.29, 1.82) is 0 Å². The highest BCUT2D eigenvalue weighted by Crippen LogP contribution is 2.46. The van der Waals surface area contributed by atoms with E-state index in [0.29, 0.717) is 4.90 Å². The standard InChI is InChI=1S/C22H28O3S/c1-21(2,3)16-12-15(13-17(14-16)22(4,5)6)19-20(25-19)26(23,24)18-10-8-7-9-11-18/h7-14,19-20H,1-6H3/t19-,20-/m1/s1. The first kappa shape index (κ1) is 19.1. The predicted molar refractivity (Wildman–Crippen MR) is 105 cm³/mol. The van der Waals surface area contributed by atoms with Crippen molar-refractivity contribution in [2.75, 3.05) is 0 Å². The molecule has 3 nitrogen and oxygen atoms in total. The van der Waals surface area contributed by atoms with Gasteiger partial charge in [-0.15, -0.1) is 0 Å². The van der Waals surface area contributed by atoms with Crippen LogP contribution in [0.2, 0.25) is 0 Å². The summed E-state index contributed by atoms with van der Waals surface area (Å²) < 4.78 is 31.3. The molecule has 4 heteroatoms. The van der Waals surface area contributed by atoms with Gasteiger partial charge in [-0.3, -0.25) is 0 Å². The number of rotatable bonds is 3. The van der Waals surface area contributed by atoms with Crippen LogP contribution in [-0.4, -0.2) is 13.9 Å². The minimum absolute atomic E-state index is 0.0152. The molecule has 1 aliphatic heterocycles. The fourth-order valence-electron chi connectivity index (χ4n) is 3.00. The molecule has 1 heterocycles. The molecular formula is C22H28O3S. The van der Waals surface area contributed by atoms with Gasteiger partial charge in [0.15, 0.2) is 5.44 Å². The lowest BCUT2D eigenvalue weighted by Crippen LogP contribution is -2.17. The molecule has 0 N–H and O–H groups in total. The minimum Gasteiger partial charge on any atom is -0.347 e. The van der Waals surface area contributed by atoms with E-state index in [-0.39, 0.29) is 10.8 Å². The van der Waals surface area contributed by atoms with Crippen molar-refractivity contribution in [3.63, 3.8) is 0 Å². The predicted octanol–water partition coefficient (Wildman–Crippen LogP) is 5.15. The van der Waals surface area contributed by atoms with Gasteiger partial charge in [-0.2, -0.15) is 0 Å². The highest BCUT2D eigenvalue weighted by Gasteiger charge is 2.51. The van der Waals surface area contributed by atoms with E-state index in [1.165, 1.54) is 11.1 Å². The zero-order valence-corrected chi connectivity index (χ0v) is 17.2. The lowest BCUT2D eigenvalue weighted by atomic mass is 9.79.